The zero-order chi connectivity index (χ0) is 17.6. The quantitative estimate of drug-likeness (QED) is 0.701. The van der Waals surface area contributed by atoms with E-state index in [0.29, 0.717) is 22.7 Å². The van der Waals surface area contributed by atoms with Gasteiger partial charge in [0.05, 0.1) is 18.4 Å². The molecule has 1 amide bonds. The number of benzene rings is 3. The number of carbonyl (C=O) groups is 1. The molecule has 5 heteroatoms. The van der Waals surface area contributed by atoms with E-state index in [4.69, 9.17) is 4.74 Å². The van der Waals surface area contributed by atoms with Gasteiger partial charge in [-0.15, -0.1) is 0 Å². The summed E-state index contributed by atoms with van der Waals surface area (Å²) in [6.07, 6.45) is 0. The highest BCUT2D eigenvalue weighted by Gasteiger charge is 2.11. The fourth-order valence-corrected chi connectivity index (χ4v) is 2.39. The number of ether oxygens (including phenoxy) is 1. The first-order valence-electron chi connectivity index (χ1n) is 7.73. The molecule has 0 fully saturated rings. The van der Waals surface area contributed by atoms with Gasteiger partial charge in [0.15, 0.2) is 0 Å². The first-order valence-corrected chi connectivity index (χ1v) is 7.73. The highest BCUT2D eigenvalue weighted by molar-refractivity contribution is 6.06. The van der Waals surface area contributed by atoms with Gasteiger partial charge >= 0.3 is 0 Å². The van der Waals surface area contributed by atoms with Gasteiger partial charge in [0.1, 0.15) is 11.6 Å². The third-order valence-corrected chi connectivity index (χ3v) is 3.65. The zero-order valence-corrected chi connectivity index (χ0v) is 13.6. The van der Waals surface area contributed by atoms with Crippen molar-refractivity contribution in [2.24, 2.45) is 0 Å². The van der Waals surface area contributed by atoms with Crippen LogP contribution in [0, 0.1) is 5.82 Å². The molecule has 0 heterocycles. The van der Waals surface area contributed by atoms with Crippen LogP contribution >= 0.6 is 0 Å². The molecule has 0 aliphatic carbocycles. The largest absolute Gasteiger partial charge is 0.496 e. The predicted octanol–water partition coefficient (Wildman–Crippen LogP) is 4.83. The van der Waals surface area contributed by atoms with Crippen LogP contribution in [0.25, 0.3) is 0 Å². The van der Waals surface area contributed by atoms with E-state index in [9.17, 15) is 9.18 Å². The lowest BCUT2D eigenvalue weighted by Gasteiger charge is -2.11. The van der Waals surface area contributed by atoms with E-state index in [1.54, 1.807) is 66.7 Å². The van der Waals surface area contributed by atoms with Crippen molar-refractivity contribution in [2.75, 3.05) is 17.7 Å². The Morgan fingerprint density at radius 2 is 1.52 bits per heavy atom. The normalized spacial score (nSPS) is 10.2. The van der Waals surface area contributed by atoms with Crippen LogP contribution in [-0.2, 0) is 0 Å². The molecule has 3 aromatic carbocycles. The molecule has 0 saturated carbocycles. The standard InChI is InChI=1S/C20H17FN2O2/c1-25-19-9-5-2-6-16(19)20(24)23-15-12-10-14(11-13-15)22-18-8-4-3-7-17(18)21/h2-13,22H,1H3,(H,23,24). The summed E-state index contributed by atoms with van der Waals surface area (Å²) >= 11 is 0. The van der Waals surface area contributed by atoms with Gasteiger partial charge in [-0.05, 0) is 48.5 Å². The van der Waals surface area contributed by atoms with Gasteiger partial charge in [0.2, 0.25) is 0 Å². The van der Waals surface area contributed by atoms with Crippen molar-refractivity contribution < 1.29 is 13.9 Å². The van der Waals surface area contributed by atoms with E-state index in [-0.39, 0.29) is 11.7 Å². The van der Waals surface area contributed by atoms with Crippen LogP contribution in [-0.4, -0.2) is 13.0 Å². The molecule has 0 bridgehead atoms. The number of carbonyl (C=O) groups excluding carboxylic acids is 1. The third-order valence-electron chi connectivity index (χ3n) is 3.65. The van der Waals surface area contributed by atoms with Crippen LogP contribution in [0.15, 0.2) is 72.8 Å². The third kappa shape index (κ3) is 3.95. The van der Waals surface area contributed by atoms with Gasteiger partial charge in [-0.25, -0.2) is 4.39 Å². The molecular weight excluding hydrogens is 319 g/mol. The zero-order valence-electron chi connectivity index (χ0n) is 13.6. The fraction of sp³-hybridized carbons (Fsp3) is 0.0500. The Hall–Kier alpha value is -3.34. The van der Waals surface area contributed by atoms with Gasteiger partial charge in [0.25, 0.3) is 5.91 Å². The fourth-order valence-electron chi connectivity index (χ4n) is 2.39. The lowest BCUT2D eigenvalue weighted by molar-refractivity contribution is 0.102. The maximum Gasteiger partial charge on any atom is 0.259 e. The Morgan fingerprint density at radius 1 is 0.880 bits per heavy atom. The molecule has 0 atom stereocenters. The molecule has 126 valence electrons. The Kier molecular flexibility index (Phi) is 4.95. The van der Waals surface area contributed by atoms with Crippen molar-refractivity contribution in [3.8, 4) is 5.75 Å². The first kappa shape index (κ1) is 16.5. The van der Waals surface area contributed by atoms with Gasteiger partial charge in [0, 0.05) is 11.4 Å². The number of methoxy groups -OCH3 is 1. The van der Waals surface area contributed by atoms with Crippen molar-refractivity contribution in [1.29, 1.82) is 0 Å². The average Bonchev–Trinajstić information content (AvgIpc) is 2.65. The van der Waals surface area contributed by atoms with E-state index in [1.165, 1.54) is 13.2 Å². The molecular formula is C20H17FN2O2. The summed E-state index contributed by atoms with van der Waals surface area (Å²) in [4.78, 5) is 12.4. The highest BCUT2D eigenvalue weighted by atomic mass is 19.1. The predicted molar refractivity (Wildman–Crippen MR) is 97.1 cm³/mol. The first-order chi connectivity index (χ1) is 12.2. The Balaban J connectivity index is 1.70. The van der Waals surface area contributed by atoms with E-state index in [1.807, 2.05) is 0 Å². The second-order valence-corrected chi connectivity index (χ2v) is 5.34. The molecule has 2 N–H and O–H groups in total. The van der Waals surface area contributed by atoms with Crippen LogP contribution in [0.3, 0.4) is 0 Å². The second-order valence-electron chi connectivity index (χ2n) is 5.34. The van der Waals surface area contributed by atoms with Gasteiger partial charge in [-0.1, -0.05) is 24.3 Å². The summed E-state index contributed by atoms with van der Waals surface area (Å²) in [6.45, 7) is 0. The number of halogens is 1. The molecule has 0 radical (unpaired) electrons. The van der Waals surface area contributed by atoms with Crippen LogP contribution in [0.4, 0.5) is 21.5 Å². The number of hydrogen-bond acceptors (Lipinski definition) is 3. The van der Waals surface area contributed by atoms with Crippen molar-refractivity contribution in [3.63, 3.8) is 0 Å². The number of hydrogen-bond donors (Lipinski definition) is 2. The number of para-hydroxylation sites is 2. The summed E-state index contributed by atoms with van der Waals surface area (Å²) in [5.41, 5.74) is 2.21. The van der Waals surface area contributed by atoms with E-state index < -0.39 is 0 Å². The van der Waals surface area contributed by atoms with E-state index in [2.05, 4.69) is 10.6 Å². The summed E-state index contributed by atoms with van der Waals surface area (Å²) in [5.74, 6) is -0.0684. The molecule has 3 aromatic rings. The number of amides is 1. The minimum Gasteiger partial charge on any atom is -0.496 e. The van der Waals surface area contributed by atoms with Crippen LogP contribution in [0.5, 0.6) is 5.75 Å². The minimum atomic E-state index is -0.323. The maximum atomic E-state index is 13.7. The monoisotopic (exact) mass is 336 g/mol. The molecule has 0 aliphatic rings. The molecule has 0 saturated heterocycles. The van der Waals surface area contributed by atoms with Crippen LogP contribution < -0.4 is 15.4 Å². The van der Waals surface area contributed by atoms with Crippen molar-refractivity contribution in [2.45, 2.75) is 0 Å². The topological polar surface area (TPSA) is 50.4 Å². The Labute approximate surface area is 145 Å². The summed E-state index contributed by atoms with van der Waals surface area (Å²) in [5, 5.41) is 5.81. The lowest BCUT2D eigenvalue weighted by Crippen LogP contribution is -2.13. The summed E-state index contributed by atoms with van der Waals surface area (Å²) in [7, 11) is 1.52. The SMILES string of the molecule is COc1ccccc1C(=O)Nc1ccc(Nc2ccccc2F)cc1. The number of anilines is 3. The van der Waals surface area contributed by atoms with E-state index in [0.717, 1.165) is 5.69 Å². The molecule has 25 heavy (non-hydrogen) atoms. The summed E-state index contributed by atoms with van der Waals surface area (Å²) in [6, 6.07) is 20.5. The van der Waals surface area contributed by atoms with Crippen LogP contribution in [0.2, 0.25) is 0 Å². The average molecular weight is 336 g/mol. The van der Waals surface area contributed by atoms with E-state index >= 15 is 0 Å². The molecule has 0 unspecified atom stereocenters. The smallest absolute Gasteiger partial charge is 0.259 e. The van der Waals surface area contributed by atoms with Crippen molar-refractivity contribution in [1.82, 2.24) is 0 Å². The lowest BCUT2D eigenvalue weighted by atomic mass is 10.2. The van der Waals surface area contributed by atoms with Gasteiger partial charge < -0.3 is 15.4 Å². The number of rotatable bonds is 5. The maximum absolute atomic E-state index is 13.7. The molecule has 3 rings (SSSR count). The molecule has 0 aliphatic heterocycles. The van der Waals surface area contributed by atoms with Gasteiger partial charge in [-0.2, -0.15) is 0 Å². The highest BCUT2D eigenvalue weighted by Crippen LogP contribution is 2.22. The Morgan fingerprint density at radius 3 is 2.24 bits per heavy atom. The van der Waals surface area contributed by atoms with Crippen LogP contribution in [0.1, 0.15) is 10.4 Å². The van der Waals surface area contributed by atoms with Gasteiger partial charge in [-0.3, -0.25) is 4.79 Å². The number of nitrogens with one attached hydrogen (secondary N) is 2. The van der Waals surface area contributed by atoms with Crippen molar-refractivity contribution >= 4 is 23.0 Å². The molecule has 0 spiro atoms. The van der Waals surface area contributed by atoms with Crippen molar-refractivity contribution in [3.05, 3.63) is 84.2 Å². The molecule has 4 nitrogen and oxygen atoms in total. The summed E-state index contributed by atoms with van der Waals surface area (Å²) < 4.78 is 18.8. The Bertz CT molecular complexity index is 879. The molecule has 0 aromatic heterocycles. The minimum absolute atomic E-state index is 0.257. The second kappa shape index (κ2) is 7.49.